The molecule has 0 aliphatic carbocycles. The Morgan fingerprint density at radius 2 is 2.00 bits per heavy atom. The summed E-state index contributed by atoms with van der Waals surface area (Å²) in [6.07, 6.45) is -0.860. The second-order valence-corrected chi connectivity index (χ2v) is 4.18. The lowest BCUT2D eigenvalue weighted by Gasteiger charge is -2.22. The monoisotopic (exact) mass is 262 g/mol. The molecule has 0 saturated carbocycles. The van der Waals surface area contributed by atoms with Gasteiger partial charge in [-0.1, -0.05) is 30.3 Å². The van der Waals surface area contributed by atoms with E-state index in [1.807, 2.05) is 6.07 Å². The van der Waals surface area contributed by atoms with E-state index in [4.69, 9.17) is 4.74 Å². The molecule has 0 spiro atoms. The molecule has 1 atom stereocenters. The van der Waals surface area contributed by atoms with Gasteiger partial charge in [-0.05, 0) is 12.0 Å². The van der Waals surface area contributed by atoms with Gasteiger partial charge < -0.3 is 14.6 Å². The van der Waals surface area contributed by atoms with Crippen molar-refractivity contribution in [3.63, 3.8) is 0 Å². The summed E-state index contributed by atoms with van der Waals surface area (Å²) in [7, 11) is 0. The summed E-state index contributed by atoms with van der Waals surface area (Å²) in [5.41, 5.74) is 0.757. The Kier molecular flexibility index (Phi) is 3.79. The molecule has 1 aliphatic rings. The molecule has 0 radical (unpaired) electrons. The lowest BCUT2D eigenvalue weighted by Crippen LogP contribution is -2.48. The van der Waals surface area contributed by atoms with Gasteiger partial charge in [-0.3, -0.25) is 4.79 Å². The second-order valence-electron chi connectivity index (χ2n) is 4.18. The molecular weight excluding hydrogens is 250 g/mol. The fourth-order valence-corrected chi connectivity index (χ4v) is 1.92. The molecule has 6 nitrogen and oxygen atoms in total. The second kappa shape index (κ2) is 5.51. The van der Waals surface area contributed by atoms with Crippen molar-refractivity contribution < 1.29 is 24.2 Å². The van der Waals surface area contributed by atoms with Crippen LogP contribution in [0.1, 0.15) is 18.4 Å². The normalized spacial score (nSPS) is 18.4. The van der Waals surface area contributed by atoms with Crippen molar-refractivity contribution in [3.8, 4) is 0 Å². The number of carboxylic acids is 1. The maximum absolute atomic E-state index is 11.7. The van der Waals surface area contributed by atoms with Crippen molar-refractivity contribution in [2.24, 2.45) is 0 Å². The number of likely N-dealkylation sites (tertiary alicyclic amines) is 1. The Morgan fingerprint density at radius 1 is 1.32 bits per heavy atom. The lowest BCUT2D eigenvalue weighted by molar-refractivity contribution is -0.310. The van der Waals surface area contributed by atoms with Crippen molar-refractivity contribution in [1.29, 1.82) is 0 Å². The average Bonchev–Trinajstić information content (AvgIpc) is 2.79. The Morgan fingerprint density at radius 3 is 2.63 bits per heavy atom. The standard InChI is InChI=1S/C13H13NO5/c15-11-7-6-10(12(16)17)14(11)13(18)19-8-9-4-2-1-3-5-9/h1-5,10H,6-8H2,(H,16,17)/p-1/t10-/m0/s1. The van der Waals surface area contributed by atoms with Crippen molar-refractivity contribution in [2.75, 3.05) is 0 Å². The van der Waals surface area contributed by atoms with Crippen molar-refractivity contribution in [1.82, 2.24) is 4.90 Å². The number of hydrogen-bond acceptors (Lipinski definition) is 5. The third-order valence-corrected chi connectivity index (χ3v) is 2.89. The highest BCUT2D eigenvalue weighted by atomic mass is 16.6. The van der Waals surface area contributed by atoms with Crippen LogP contribution in [-0.2, 0) is 20.9 Å². The minimum atomic E-state index is -1.44. The Labute approximate surface area is 109 Å². The first kappa shape index (κ1) is 13.1. The van der Waals surface area contributed by atoms with Crippen LogP contribution < -0.4 is 5.11 Å². The fourth-order valence-electron chi connectivity index (χ4n) is 1.92. The third-order valence-electron chi connectivity index (χ3n) is 2.89. The number of carboxylic acid groups (broad SMARTS) is 1. The molecule has 0 bridgehead atoms. The largest absolute Gasteiger partial charge is 0.548 e. The predicted octanol–water partition coefficient (Wildman–Crippen LogP) is 0.0641. The van der Waals surface area contributed by atoms with E-state index in [0.29, 0.717) is 4.90 Å². The first-order valence-electron chi connectivity index (χ1n) is 5.83. The van der Waals surface area contributed by atoms with Crippen molar-refractivity contribution in [2.45, 2.75) is 25.5 Å². The molecule has 0 unspecified atom stereocenters. The van der Waals surface area contributed by atoms with Gasteiger partial charge in [0, 0.05) is 6.42 Å². The fraction of sp³-hybridized carbons (Fsp3) is 0.308. The van der Waals surface area contributed by atoms with Crippen molar-refractivity contribution >= 4 is 18.0 Å². The smallest absolute Gasteiger partial charge is 0.417 e. The molecule has 1 aromatic rings. The third kappa shape index (κ3) is 2.90. The maximum atomic E-state index is 11.7. The van der Waals surface area contributed by atoms with E-state index >= 15 is 0 Å². The quantitative estimate of drug-likeness (QED) is 0.769. The molecule has 1 aromatic carbocycles. The van der Waals surface area contributed by atoms with E-state index in [1.165, 1.54) is 0 Å². The topological polar surface area (TPSA) is 86.7 Å². The van der Waals surface area contributed by atoms with E-state index in [-0.39, 0.29) is 19.4 Å². The van der Waals surface area contributed by atoms with Gasteiger partial charge in [0.05, 0.1) is 12.0 Å². The zero-order valence-corrected chi connectivity index (χ0v) is 10.1. The van der Waals surface area contributed by atoms with Gasteiger partial charge in [-0.25, -0.2) is 9.69 Å². The highest BCUT2D eigenvalue weighted by Crippen LogP contribution is 2.19. The SMILES string of the molecule is O=C([O-])[C@@H]1CCC(=O)N1C(=O)OCc1ccccc1. The molecule has 1 heterocycles. The summed E-state index contributed by atoms with van der Waals surface area (Å²) in [6, 6.07) is 7.68. The summed E-state index contributed by atoms with van der Waals surface area (Å²) < 4.78 is 4.94. The van der Waals surface area contributed by atoms with Crippen LogP contribution in [0.3, 0.4) is 0 Å². The van der Waals surface area contributed by atoms with Gasteiger partial charge in [0.15, 0.2) is 0 Å². The van der Waals surface area contributed by atoms with Gasteiger partial charge in [-0.2, -0.15) is 0 Å². The zero-order valence-electron chi connectivity index (χ0n) is 10.1. The van der Waals surface area contributed by atoms with Gasteiger partial charge >= 0.3 is 6.09 Å². The Hall–Kier alpha value is -2.37. The number of benzene rings is 1. The molecule has 1 aliphatic heterocycles. The summed E-state index contributed by atoms with van der Waals surface area (Å²) in [6.45, 7) is -0.0107. The molecule has 1 fully saturated rings. The number of rotatable bonds is 3. The molecule has 19 heavy (non-hydrogen) atoms. The van der Waals surface area contributed by atoms with Crippen LogP contribution in [0.2, 0.25) is 0 Å². The number of carbonyl (C=O) groups excluding carboxylic acids is 3. The minimum Gasteiger partial charge on any atom is -0.548 e. The average molecular weight is 262 g/mol. The predicted molar refractivity (Wildman–Crippen MR) is 61.5 cm³/mol. The number of aliphatic carboxylic acids is 1. The number of ether oxygens (including phenoxy) is 1. The molecular formula is C13H12NO5-. The van der Waals surface area contributed by atoms with Gasteiger partial charge in [0.2, 0.25) is 5.91 Å². The molecule has 2 amide bonds. The van der Waals surface area contributed by atoms with Crippen LogP contribution in [0.15, 0.2) is 30.3 Å². The van der Waals surface area contributed by atoms with Crippen LogP contribution in [0, 0.1) is 0 Å². The van der Waals surface area contributed by atoms with Crippen LogP contribution in [0.5, 0.6) is 0 Å². The van der Waals surface area contributed by atoms with E-state index in [1.54, 1.807) is 24.3 Å². The highest BCUT2D eigenvalue weighted by molar-refractivity contribution is 5.98. The molecule has 6 heteroatoms. The summed E-state index contributed by atoms with van der Waals surface area (Å²) >= 11 is 0. The zero-order chi connectivity index (χ0) is 13.8. The molecule has 0 N–H and O–H groups in total. The van der Waals surface area contributed by atoms with Gasteiger partial charge in [-0.15, -0.1) is 0 Å². The van der Waals surface area contributed by atoms with Crippen LogP contribution in [0.25, 0.3) is 0 Å². The van der Waals surface area contributed by atoms with Crippen LogP contribution in [0.4, 0.5) is 4.79 Å². The summed E-state index contributed by atoms with van der Waals surface area (Å²) in [5.74, 6) is -1.99. The maximum Gasteiger partial charge on any atom is 0.417 e. The highest BCUT2D eigenvalue weighted by Gasteiger charge is 2.37. The van der Waals surface area contributed by atoms with E-state index < -0.39 is 24.0 Å². The molecule has 0 aromatic heterocycles. The summed E-state index contributed by atoms with van der Waals surface area (Å²) in [5, 5.41) is 10.8. The van der Waals surface area contributed by atoms with E-state index in [2.05, 4.69) is 0 Å². The molecule has 2 rings (SSSR count). The van der Waals surface area contributed by atoms with Crippen LogP contribution >= 0.6 is 0 Å². The Bertz CT molecular complexity index is 499. The van der Waals surface area contributed by atoms with Crippen LogP contribution in [-0.4, -0.2) is 28.9 Å². The number of nitrogens with zero attached hydrogens (tertiary/aromatic N) is 1. The van der Waals surface area contributed by atoms with E-state index in [0.717, 1.165) is 5.56 Å². The lowest BCUT2D eigenvalue weighted by atomic mass is 10.2. The first-order valence-corrected chi connectivity index (χ1v) is 5.83. The number of carbonyl (C=O) groups is 3. The number of amides is 2. The number of hydrogen-bond donors (Lipinski definition) is 0. The summed E-state index contributed by atoms with van der Waals surface area (Å²) in [4.78, 5) is 34.7. The van der Waals surface area contributed by atoms with Crippen molar-refractivity contribution in [3.05, 3.63) is 35.9 Å². The Balaban J connectivity index is 1.99. The number of imide groups is 1. The van der Waals surface area contributed by atoms with E-state index in [9.17, 15) is 19.5 Å². The minimum absolute atomic E-state index is 0.0107. The first-order chi connectivity index (χ1) is 9.09. The molecule has 1 saturated heterocycles. The van der Waals surface area contributed by atoms with Gasteiger partial charge in [0.1, 0.15) is 6.61 Å². The van der Waals surface area contributed by atoms with Gasteiger partial charge in [0.25, 0.3) is 0 Å². The molecule has 100 valence electrons.